The lowest BCUT2D eigenvalue weighted by atomic mass is 9.97. The highest BCUT2D eigenvalue weighted by atomic mass is 16.5. The first-order chi connectivity index (χ1) is 17.5. The third-order valence-electron chi connectivity index (χ3n) is 6.80. The Morgan fingerprint density at radius 2 is 1.92 bits per heavy atom. The summed E-state index contributed by atoms with van der Waals surface area (Å²) in [5, 5.41) is 6.95. The SMILES string of the molecule is COc1ccc(NC(N=C/C=C(\C)NCCC2CCOCC2)=C(C)C)cc1OCCCN1CCCC1. The molecule has 2 fully saturated rings. The molecule has 7 nitrogen and oxygen atoms in total. The van der Waals surface area contributed by atoms with E-state index in [-0.39, 0.29) is 0 Å². The fourth-order valence-corrected chi connectivity index (χ4v) is 4.56. The number of hydrogen-bond acceptors (Lipinski definition) is 7. The quantitative estimate of drug-likeness (QED) is 0.257. The molecule has 0 saturated carbocycles. The molecule has 1 aromatic carbocycles. The fourth-order valence-electron chi connectivity index (χ4n) is 4.56. The molecule has 0 amide bonds. The van der Waals surface area contributed by atoms with Gasteiger partial charge in [-0.25, -0.2) is 4.99 Å². The van der Waals surface area contributed by atoms with Crippen LogP contribution in [-0.4, -0.2) is 64.2 Å². The first-order valence-electron chi connectivity index (χ1n) is 13.6. The molecule has 0 unspecified atom stereocenters. The topological polar surface area (TPSA) is 67.3 Å². The van der Waals surface area contributed by atoms with Crippen molar-refractivity contribution in [3.63, 3.8) is 0 Å². The van der Waals surface area contributed by atoms with Crippen molar-refractivity contribution in [2.75, 3.05) is 58.4 Å². The molecule has 0 bridgehead atoms. The smallest absolute Gasteiger partial charge is 0.163 e. The van der Waals surface area contributed by atoms with Gasteiger partial charge in [-0.15, -0.1) is 0 Å². The molecular weight excluding hydrogens is 452 g/mol. The number of methoxy groups -OCH3 is 1. The summed E-state index contributed by atoms with van der Waals surface area (Å²) in [5.41, 5.74) is 3.15. The molecule has 2 aliphatic heterocycles. The fraction of sp³-hybridized carbons (Fsp3) is 0.621. The third kappa shape index (κ3) is 9.86. The summed E-state index contributed by atoms with van der Waals surface area (Å²) in [7, 11) is 1.68. The molecule has 0 atom stereocenters. The van der Waals surface area contributed by atoms with Crippen LogP contribution < -0.4 is 20.1 Å². The van der Waals surface area contributed by atoms with Crippen molar-refractivity contribution in [2.45, 2.75) is 59.3 Å². The number of rotatable bonds is 14. The van der Waals surface area contributed by atoms with Gasteiger partial charge in [0.05, 0.1) is 13.7 Å². The largest absolute Gasteiger partial charge is 0.493 e. The predicted octanol–water partition coefficient (Wildman–Crippen LogP) is 5.60. The van der Waals surface area contributed by atoms with E-state index in [1.165, 1.54) is 45.2 Å². The van der Waals surface area contributed by atoms with Crippen LogP contribution in [0.5, 0.6) is 11.5 Å². The van der Waals surface area contributed by atoms with Crippen LogP contribution in [0.2, 0.25) is 0 Å². The summed E-state index contributed by atoms with van der Waals surface area (Å²) in [6.45, 7) is 13.2. The number of ether oxygens (including phenoxy) is 3. The zero-order valence-electron chi connectivity index (χ0n) is 22.8. The lowest BCUT2D eigenvalue weighted by molar-refractivity contribution is 0.0642. The molecule has 0 aliphatic carbocycles. The minimum Gasteiger partial charge on any atom is -0.493 e. The standard InChI is InChI=1S/C29H46N4O3/c1-23(2)29(31-14-10-24(3)30-15-11-25-12-20-35-21-13-25)32-26-8-9-27(34-4)28(22-26)36-19-7-18-33-16-5-6-17-33/h8-10,14,22,25,30,32H,5-7,11-13,15-21H2,1-4H3/b24-10+,31-14?. The zero-order chi connectivity index (χ0) is 25.6. The van der Waals surface area contributed by atoms with Crippen molar-refractivity contribution in [3.05, 3.63) is 41.4 Å². The molecule has 3 rings (SSSR count). The van der Waals surface area contributed by atoms with Gasteiger partial charge < -0.3 is 29.7 Å². The second-order valence-corrected chi connectivity index (χ2v) is 9.99. The van der Waals surface area contributed by atoms with Gasteiger partial charge in [0.1, 0.15) is 5.82 Å². The van der Waals surface area contributed by atoms with E-state index in [0.29, 0.717) is 6.61 Å². The van der Waals surface area contributed by atoms with Crippen LogP contribution in [0, 0.1) is 5.92 Å². The Bertz CT molecular complexity index is 881. The summed E-state index contributed by atoms with van der Waals surface area (Å²) in [6.07, 6.45) is 11.1. The van der Waals surface area contributed by atoms with E-state index in [2.05, 4.69) is 41.3 Å². The highest BCUT2D eigenvalue weighted by Crippen LogP contribution is 2.31. The normalized spacial score (nSPS) is 17.4. The first-order valence-corrected chi connectivity index (χ1v) is 13.6. The van der Waals surface area contributed by atoms with E-state index in [0.717, 1.165) is 72.9 Å². The van der Waals surface area contributed by atoms with Gasteiger partial charge in [-0.1, -0.05) is 0 Å². The monoisotopic (exact) mass is 498 g/mol. The number of hydrogen-bond donors (Lipinski definition) is 2. The molecule has 36 heavy (non-hydrogen) atoms. The van der Waals surface area contributed by atoms with Crippen molar-refractivity contribution < 1.29 is 14.2 Å². The maximum atomic E-state index is 6.09. The third-order valence-corrected chi connectivity index (χ3v) is 6.80. The van der Waals surface area contributed by atoms with Crippen LogP contribution in [0.3, 0.4) is 0 Å². The minimum absolute atomic E-state index is 0.676. The Labute approximate surface area is 218 Å². The maximum absolute atomic E-state index is 6.09. The number of nitrogens with one attached hydrogen (secondary N) is 2. The van der Waals surface area contributed by atoms with Gasteiger partial charge in [0.25, 0.3) is 0 Å². The summed E-state index contributed by atoms with van der Waals surface area (Å²) < 4.78 is 17.1. The maximum Gasteiger partial charge on any atom is 0.163 e. The highest BCUT2D eigenvalue weighted by molar-refractivity contribution is 5.73. The molecule has 1 aromatic rings. The van der Waals surface area contributed by atoms with Gasteiger partial charge in [0.2, 0.25) is 0 Å². The van der Waals surface area contributed by atoms with Crippen molar-refractivity contribution in [3.8, 4) is 11.5 Å². The Balaban J connectivity index is 1.50. The first kappa shape index (κ1) is 28.1. The average Bonchev–Trinajstić information content (AvgIpc) is 3.40. The van der Waals surface area contributed by atoms with Crippen molar-refractivity contribution >= 4 is 11.9 Å². The highest BCUT2D eigenvalue weighted by Gasteiger charge is 2.13. The van der Waals surface area contributed by atoms with Gasteiger partial charge in [0.15, 0.2) is 11.5 Å². The molecule has 2 aliphatic rings. The molecule has 0 spiro atoms. The lowest BCUT2D eigenvalue weighted by Crippen LogP contribution is -2.21. The second-order valence-electron chi connectivity index (χ2n) is 9.99. The van der Waals surface area contributed by atoms with Crippen LogP contribution in [0.25, 0.3) is 0 Å². The van der Waals surface area contributed by atoms with E-state index in [1.54, 1.807) is 7.11 Å². The van der Waals surface area contributed by atoms with E-state index in [1.807, 2.05) is 30.5 Å². The van der Waals surface area contributed by atoms with Crippen LogP contribution in [0.1, 0.15) is 59.3 Å². The lowest BCUT2D eigenvalue weighted by Gasteiger charge is -2.22. The molecule has 200 valence electrons. The second kappa shape index (κ2) is 15.6. The van der Waals surface area contributed by atoms with Crippen LogP contribution in [0.15, 0.2) is 46.4 Å². The summed E-state index contributed by atoms with van der Waals surface area (Å²) >= 11 is 0. The van der Waals surface area contributed by atoms with E-state index < -0.39 is 0 Å². The number of nitrogens with zero attached hydrogens (tertiary/aromatic N) is 2. The molecule has 7 heteroatoms. The van der Waals surface area contributed by atoms with Gasteiger partial charge in [-0.05, 0) is 102 Å². The van der Waals surface area contributed by atoms with Crippen molar-refractivity contribution in [2.24, 2.45) is 10.9 Å². The Hall–Kier alpha value is -2.51. The minimum atomic E-state index is 0.676. The van der Waals surface area contributed by atoms with Gasteiger partial charge >= 0.3 is 0 Å². The van der Waals surface area contributed by atoms with Gasteiger partial charge in [0, 0.05) is 50.0 Å². The van der Waals surface area contributed by atoms with Crippen LogP contribution in [-0.2, 0) is 4.74 Å². The summed E-state index contributed by atoms with van der Waals surface area (Å²) in [4.78, 5) is 7.19. The Morgan fingerprint density at radius 1 is 1.14 bits per heavy atom. The molecule has 2 saturated heterocycles. The van der Waals surface area contributed by atoms with Crippen LogP contribution >= 0.6 is 0 Å². The zero-order valence-corrected chi connectivity index (χ0v) is 22.8. The van der Waals surface area contributed by atoms with E-state index in [9.17, 15) is 0 Å². The number of anilines is 1. The number of allylic oxidation sites excluding steroid dienone is 3. The van der Waals surface area contributed by atoms with Gasteiger partial charge in [-0.3, -0.25) is 0 Å². The van der Waals surface area contributed by atoms with Crippen molar-refractivity contribution in [1.82, 2.24) is 10.2 Å². The Morgan fingerprint density at radius 3 is 2.64 bits per heavy atom. The van der Waals surface area contributed by atoms with Crippen LogP contribution in [0.4, 0.5) is 5.69 Å². The summed E-state index contributed by atoms with van der Waals surface area (Å²) in [5.74, 6) is 3.10. The molecule has 2 heterocycles. The van der Waals surface area contributed by atoms with Gasteiger partial charge in [-0.2, -0.15) is 0 Å². The average molecular weight is 499 g/mol. The molecule has 2 N–H and O–H groups in total. The Kier molecular flexibility index (Phi) is 12.1. The number of benzene rings is 1. The number of aliphatic imine (C=N–C) groups is 1. The summed E-state index contributed by atoms with van der Waals surface area (Å²) in [6, 6.07) is 5.93. The van der Waals surface area contributed by atoms with E-state index in [4.69, 9.17) is 14.2 Å². The number of likely N-dealkylation sites (tertiary alicyclic amines) is 1. The molecular formula is C29H46N4O3. The van der Waals surface area contributed by atoms with E-state index >= 15 is 0 Å². The predicted molar refractivity (Wildman–Crippen MR) is 149 cm³/mol. The molecule has 0 radical (unpaired) electrons. The molecule has 0 aromatic heterocycles. The van der Waals surface area contributed by atoms with Crippen molar-refractivity contribution in [1.29, 1.82) is 0 Å².